The highest BCUT2D eigenvalue weighted by atomic mass is 16.4. The molecule has 0 aliphatic rings. The standard InChI is InChI=1S/C17H23N3O3/c1-12-19-20-16(23-12)14-7-5-13(6-8-14)15(22)18-10-4-9-17(2,3)11-21/h5-8,21H,4,9-11H2,1-3H3,(H,18,22). The number of rotatable bonds is 7. The maximum atomic E-state index is 12.1. The summed E-state index contributed by atoms with van der Waals surface area (Å²) in [7, 11) is 0. The molecule has 1 amide bonds. The lowest BCUT2D eigenvalue weighted by Crippen LogP contribution is -2.26. The monoisotopic (exact) mass is 317 g/mol. The van der Waals surface area contributed by atoms with Gasteiger partial charge in [0.15, 0.2) is 0 Å². The molecule has 0 aliphatic carbocycles. The van der Waals surface area contributed by atoms with Crippen molar-refractivity contribution in [3.63, 3.8) is 0 Å². The van der Waals surface area contributed by atoms with Crippen LogP contribution in [-0.2, 0) is 0 Å². The van der Waals surface area contributed by atoms with Crippen molar-refractivity contribution in [1.82, 2.24) is 15.5 Å². The molecule has 0 aliphatic heterocycles. The molecule has 2 rings (SSSR count). The summed E-state index contributed by atoms with van der Waals surface area (Å²) in [5.74, 6) is 0.841. The Balaban J connectivity index is 1.86. The Morgan fingerprint density at radius 3 is 2.52 bits per heavy atom. The molecule has 6 nitrogen and oxygen atoms in total. The van der Waals surface area contributed by atoms with Gasteiger partial charge < -0.3 is 14.8 Å². The fourth-order valence-electron chi connectivity index (χ4n) is 2.13. The van der Waals surface area contributed by atoms with Crippen molar-refractivity contribution in [1.29, 1.82) is 0 Å². The summed E-state index contributed by atoms with van der Waals surface area (Å²) >= 11 is 0. The molecule has 0 saturated carbocycles. The first-order valence-electron chi connectivity index (χ1n) is 7.71. The number of aromatic nitrogens is 2. The highest BCUT2D eigenvalue weighted by Crippen LogP contribution is 2.20. The molecule has 6 heteroatoms. The predicted molar refractivity (Wildman–Crippen MR) is 86.9 cm³/mol. The first-order chi connectivity index (χ1) is 10.9. The number of carbonyl (C=O) groups excluding carboxylic acids is 1. The van der Waals surface area contributed by atoms with Crippen LogP contribution < -0.4 is 5.32 Å². The van der Waals surface area contributed by atoms with E-state index in [9.17, 15) is 9.90 Å². The molecule has 2 N–H and O–H groups in total. The second-order valence-electron chi connectivity index (χ2n) is 6.39. The molecule has 0 saturated heterocycles. The fourth-order valence-corrected chi connectivity index (χ4v) is 2.13. The summed E-state index contributed by atoms with van der Waals surface area (Å²) in [5.41, 5.74) is 1.27. The predicted octanol–water partition coefficient (Wildman–Crippen LogP) is 2.57. The first-order valence-corrected chi connectivity index (χ1v) is 7.71. The first kappa shape index (κ1) is 17.1. The van der Waals surface area contributed by atoms with Gasteiger partial charge in [-0.25, -0.2) is 0 Å². The molecule has 23 heavy (non-hydrogen) atoms. The molecule has 0 bridgehead atoms. The zero-order valence-corrected chi connectivity index (χ0v) is 13.8. The van der Waals surface area contributed by atoms with Crippen molar-refractivity contribution in [3.05, 3.63) is 35.7 Å². The Kier molecular flexibility index (Phi) is 5.50. The van der Waals surface area contributed by atoms with Gasteiger partial charge in [0.2, 0.25) is 11.8 Å². The molecule has 1 heterocycles. The van der Waals surface area contributed by atoms with Crippen LogP contribution in [0.3, 0.4) is 0 Å². The van der Waals surface area contributed by atoms with Gasteiger partial charge in [0, 0.05) is 31.2 Å². The van der Waals surface area contributed by atoms with Crippen LogP contribution in [0.5, 0.6) is 0 Å². The minimum atomic E-state index is -0.111. The van der Waals surface area contributed by atoms with Gasteiger partial charge in [-0.2, -0.15) is 0 Å². The molecule has 0 radical (unpaired) electrons. The van der Waals surface area contributed by atoms with Gasteiger partial charge in [-0.1, -0.05) is 13.8 Å². The molecule has 0 unspecified atom stereocenters. The second-order valence-corrected chi connectivity index (χ2v) is 6.39. The summed E-state index contributed by atoms with van der Waals surface area (Å²) in [6.45, 7) is 6.49. The van der Waals surface area contributed by atoms with Gasteiger partial charge in [0.05, 0.1) is 0 Å². The summed E-state index contributed by atoms with van der Waals surface area (Å²) in [6, 6.07) is 7.05. The average Bonchev–Trinajstić information content (AvgIpc) is 2.98. The third-order valence-electron chi connectivity index (χ3n) is 3.66. The lowest BCUT2D eigenvalue weighted by Gasteiger charge is -2.21. The highest BCUT2D eigenvalue weighted by molar-refractivity contribution is 5.94. The van der Waals surface area contributed by atoms with E-state index in [2.05, 4.69) is 15.5 Å². The summed E-state index contributed by atoms with van der Waals surface area (Å²) in [6.07, 6.45) is 1.69. The van der Waals surface area contributed by atoms with Gasteiger partial charge in [-0.15, -0.1) is 10.2 Å². The highest BCUT2D eigenvalue weighted by Gasteiger charge is 2.15. The number of carbonyl (C=O) groups is 1. The van der Waals surface area contributed by atoms with E-state index in [1.54, 1.807) is 31.2 Å². The fraction of sp³-hybridized carbons (Fsp3) is 0.471. The summed E-state index contributed by atoms with van der Waals surface area (Å²) in [5, 5.41) is 19.8. The summed E-state index contributed by atoms with van der Waals surface area (Å²) in [4.78, 5) is 12.1. The SMILES string of the molecule is Cc1nnc(-c2ccc(C(=O)NCCCC(C)(C)CO)cc2)o1. The third-order valence-corrected chi connectivity index (χ3v) is 3.66. The Morgan fingerprint density at radius 1 is 1.26 bits per heavy atom. The van der Waals surface area contributed by atoms with Crippen LogP contribution in [0.4, 0.5) is 0 Å². The average molecular weight is 317 g/mol. The Labute approximate surface area is 135 Å². The molecule has 124 valence electrons. The number of benzene rings is 1. The Morgan fingerprint density at radius 2 is 1.96 bits per heavy atom. The van der Waals surface area contributed by atoms with E-state index in [-0.39, 0.29) is 17.9 Å². The van der Waals surface area contributed by atoms with Crippen LogP contribution in [0.2, 0.25) is 0 Å². The van der Waals surface area contributed by atoms with E-state index >= 15 is 0 Å². The second kappa shape index (κ2) is 7.37. The van der Waals surface area contributed by atoms with E-state index in [1.165, 1.54) is 0 Å². The van der Waals surface area contributed by atoms with Crippen molar-refractivity contribution in [3.8, 4) is 11.5 Å². The van der Waals surface area contributed by atoms with Crippen LogP contribution in [-0.4, -0.2) is 34.4 Å². The third kappa shape index (κ3) is 4.89. The number of aryl methyl sites for hydroxylation is 1. The van der Waals surface area contributed by atoms with Gasteiger partial charge in [-0.3, -0.25) is 4.79 Å². The molecule has 0 spiro atoms. The molecule has 1 aromatic carbocycles. The topological polar surface area (TPSA) is 88.2 Å². The number of hydrogen-bond acceptors (Lipinski definition) is 5. The zero-order chi connectivity index (χ0) is 16.9. The van der Waals surface area contributed by atoms with E-state index < -0.39 is 0 Å². The van der Waals surface area contributed by atoms with E-state index in [0.717, 1.165) is 18.4 Å². The van der Waals surface area contributed by atoms with Gasteiger partial charge in [0.1, 0.15) is 0 Å². The van der Waals surface area contributed by atoms with Crippen molar-refractivity contribution < 1.29 is 14.3 Å². The number of nitrogens with zero attached hydrogens (tertiary/aromatic N) is 2. The maximum Gasteiger partial charge on any atom is 0.251 e. The zero-order valence-electron chi connectivity index (χ0n) is 13.8. The summed E-state index contributed by atoms with van der Waals surface area (Å²) < 4.78 is 5.35. The van der Waals surface area contributed by atoms with Crippen LogP contribution in [0.15, 0.2) is 28.7 Å². The Bertz CT molecular complexity index is 647. The quantitative estimate of drug-likeness (QED) is 0.766. The van der Waals surface area contributed by atoms with Crippen molar-refractivity contribution in [2.24, 2.45) is 5.41 Å². The smallest absolute Gasteiger partial charge is 0.251 e. The molecule has 0 fully saturated rings. The lowest BCUT2D eigenvalue weighted by molar-refractivity contribution is 0.0948. The van der Waals surface area contributed by atoms with Crippen molar-refractivity contribution in [2.45, 2.75) is 33.6 Å². The van der Waals surface area contributed by atoms with Crippen LogP contribution in [0, 0.1) is 12.3 Å². The normalized spacial score (nSPS) is 11.5. The van der Waals surface area contributed by atoms with Gasteiger partial charge >= 0.3 is 0 Å². The molecule has 1 aromatic heterocycles. The number of hydrogen-bond donors (Lipinski definition) is 2. The molecular formula is C17H23N3O3. The van der Waals surface area contributed by atoms with Gasteiger partial charge in [-0.05, 0) is 42.5 Å². The van der Waals surface area contributed by atoms with Crippen LogP contribution in [0.1, 0.15) is 42.9 Å². The molecule has 0 atom stereocenters. The van der Waals surface area contributed by atoms with Crippen LogP contribution in [0.25, 0.3) is 11.5 Å². The van der Waals surface area contributed by atoms with Gasteiger partial charge in [0.25, 0.3) is 5.91 Å². The Hall–Kier alpha value is -2.21. The van der Waals surface area contributed by atoms with Crippen molar-refractivity contribution in [2.75, 3.05) is 13.2 Å². The number of nitrogens with one attached hydrogen (secondary N) is 1. The van der Waals surface area contributed by atoms with E-state index in [0.29, 0.717) is 23.9 Å². The van der Waals surface area contributed by atoms with Crippen LogP contribution >= 0.6 is 0 Å². The number of aliphatic hydroxyl groups excluding tert-OH is 1. The minimum Gasteiger partial charge on any atom is -0.421 e. The maximum absolute atomic E-state index is 12.1. The molecular weight excluding hydrogens is 294 g/mol. The number of amides is 1. The van der Waals surface area contributed by atoms with E-state index in [1.807, 2.05) is 13.8 Å². The minimum absolute atomic E-state index is 0.103. The van der Waals surface area contributed by atoms with E-state index in [4.69, 9.17) is 4.42 Å². The largest absolute Gasteiger partial charge is 0.421 e. The number of aliphatic hydroxyl groups is 1. The lowest BCUT2D eigenvalue weighted by atomic mass is 9.89. The molecule has 2 aromatic rings. The van der Waals surface area contributed by atoms with Crippen molar-refractivity contribution >= 4 is 5.91 Å².